The summed E-state index contributed by atoms with van der Waals surface area (Å²) in [6.45, 7) is -2.35. The Morgan fingerprint density at radius 1 is 1.15 bits per heavy atom. The fourth-order valence-corrected chi connectivity index (χ4v) is 3.71. The molecule has 0 atom stereocenters. The van der Waals surface area contributed by atoms with E-state index in [0.717, 1.165) is 16.9 Å². The molecule has 2 amide bonds. The number of amides is 2. The fourth-order valence-electron chi connectivity index (χ4n) is 1.99. The number of hydrogen-bond acceptors (Lipinski definition) is 5. The minimum Gasteiger partial charge on any atom is -0.435 e. The molecule has 1 aromatic carbocycles. The maximum atomic E-state index is 12.1. The van der Waals surface area contributed by atoms with E-state index in [-0.39, 0.29) is 16.5 Å². The van der Waals surface area contributed by atoms with Gasteiger partial charge in [-0.15, -0.1) is 11.3 Å². The number of urea groups is 1. The summed E-state index contributed by atoms with van der Waals surface area (Å²) >= 11 is 0.987. The number of alkyl halides is 2. The molecule has 0 saturated carbocycles. The van der Waals surface area contributed by atoms with Crippen LogP contribution in [-0.2, 0) is 23.0 Å². The molecule has 1 aromatic heterocycles. The van der Waals surface area contributed by atoms with Crippen LogP contribution in [0.5, 0.6) is 5.75 Å². The number of ether oxygens (including phenoxy) is 1. The van der Waals surface area contributed by atoms with Crippen molar-refractivity contribution in [1.29, 1.82) is 0 Å². The molecule has 0 saturated heterocycles. The van der Waals surface area contributed by atoms with E-state index < -0.39 is 22.7 Å². The maximum absolute atomic E-state index is 12.1. The number of carbonyl (C=O) groups is 1. The lowest BCUT2D eigenvalue weighted by molar-refractivity contribution is -0.0498. The standard InChI is InChI=1S/C15H17F2N3O4S2/c16-14(17)24-11-3-1-10(2-4-11)7-8-19-15(21)20-9-12-5-6-13(25-12)26(18,22)23/h1-6,14H,7-9H2,(H2,18,22,23)(H2,19,20,21). The normalized spacial score (nSPS) is 11.4. The number of nitrogens with two attached hydrogens (primary N) is 1. The van der Waals surface area contributed by atoms with E-state index in [4.69, 9.17) is 5.14 Å². The number of hydrogen-bond donors (Lipinski definition) is 3. The van der Waals surface area contributed by atoms with E-state index in [9.17, 15) is 22.0 Å². The van der Waals surface area contributed by atoms with Gasteiger partial charge in [0.25, 0.3) is 0 Å². The van der Waals surface area contributed by atoms with Gasteiger partial charge in [0.1, 0.15) is 9.96 Å². The highest BCUT2D eigenvalue weighted by molar-refractivity contribution is 7.91. The zero-order chi connectivity index (χ0) is 19.2. The quantitative estimate of drug-likeness (QED) is 0.624. The monoisotopic (exact) mass is 405 g/mol. The van der Waals surface area contributed by atoms with Crippen LogP contribution in [0.4, 0.5) is 13.6 Å². The Balaban J connectivity index is 1.71. The molecule has 2 rings (SSSR count). The molecular formula is C15H17F2N3O4S2. The summed E-state index contributed by atoms with van der Waals surface area (Å²) in [5.74, 6) is 0.0734. The molecule has 142 valence electrons. The lowest BCUT2D eigenvalue weighted by Gasteiger charge is -2.08. The van der Waals surface area contributed by atoms with Gasteiger partial charge in [-0.1, -0.05) is 12.1 Å². The summed E-state index contributed by atoms with van der Waals surface area (Å²) in [4.78, 5) is 12.4. The largest absolute Gasteiger partial charge is 0.435 e. The van der Waals surface area contributed by atoms with Gasteiger partial charge in [0.15, 0.2) is 0 Å². The number of primary sulfonamides is 1. The predicted octanol–water partition coefficient (Wildman–Crippen LogP) is 2.04. The second kappa shape index (κ2) is 8.92. The first kappa shape index (κ1) is 20.1. The van der Waals surface area contributed by atoms with Crippen LogP contribution in [0.15, 0.2) is 40.6 Å². The first-order valence-corrected chi connectivity index (χ1v) is 9.77. The summed E-state index contributed by atoms with van der Waals surface area (Å²) in [6.07, 6.45) is 0.511. The van der Waals surface area contributed by atoms with Gasteiger partial charge in [-0.05, 0) is 36.2 Å². The highest BCUT2D eigenvalue weighted by atomic mass is 32.2. The minimum atomic E-state index is -3.74. The molecule has 11 heteroatoms. The number of thiophene rings is 1. The predicted molar refractivity (Wildman–Crippen MR) is 92.7 cm³/mol. The van der Waals surface area contributed by atoms with Gasteiger partial charge in [-0.3, -0.25) is 0 Å². The first-order chi connectivity index (χ1) is 12.2. The summed E-state index contributed by atoms with van der Waals surface area (Å²) in [7, 11) is -3.74. The fraction of sp³-hybridized carbons (Fsp3) is 0.267. The smallest absolute Gasteiger partial charge is 0.387 e. The van der Waals surface area contributed by atoms with Crippen LogP contribution in [0.25, 0.3) is 0 Å². The molecule has 0 bridgehead atoms. The third-order valence-corrected chi connectivity index (χ3v) is 5.71. The minimum absolute atomic E-state index is 0.0361. The second-order valence-electron chi connectivity index (χ2n) is 5.15. The van der Waals surface area contributed by atoms with Crippen LogP contribution in [0.3, 0.4) is 0 Å². The van der Waals surface area contributed by atoms with E-state index in [0.29, 0.717) is 17.8 Å². The lowest BCUT2D eigenvalue weighted by Crippen LogP contribution is -2.36. The topological polar surface area (TPSA) is 111 Å². The maximum Gasteiger partial charge on any atom is 0.387 e. The van der Waals surface area contributed by atoms with Crippen molar-refractivity contribution >= 4 is 27.4 Å². The molecule has 0 spiro atoms. The Morgan fingerprint density at radius 3 is 2.42 bits per heavy atom. The number of halogens is 2. The summed E-state index contributed by atoms with van der Waals surface area (Å²) < 4.78 is 50.8. The Bertz CT molecular complexity index is 839. The van der Waals surface area contributed by atoms with Crippen molar-refractivity contribution in [2.45, 2.75) is 23.8 Å². The Morgan fingerprint density at radius 2 is 1.85 bits per heavy atom. The summed E-state index contributed by atoms with van der Waals surface area (Å²) in [5, 5.41) is 10.3. The first-order valence-electron chi connectivity index (χ1n) is 7.41. The summed E-state index contributed by atoms with van der Waals surface area (Å²) in [5.41, 5.74) is 0.850. The van der Waals surface area contributed by atoms with Crippen molar-refractivity contribution in [3.05, 3.63) is 46.8 Å². The van der Waals surface area contributed by atoms with Crippen molar-refractivity contribution in [1.82, 2.24) is 10.6 Å². The molecule has 1 heterocycles. The van der Waals surface area contributed by atoms with Gasteiger partial charge < -0.3 is 15.4 Å². The van der Waals surface area contributed by atoms with Gasteiger partial charge in [-0.25, -0.2) is 18.4 Å². The molecule has 0 aliphatic heterocycles. The van der Waals surface area contributed by atoms with Crippen molar-refractivity contribution in [2.24, 2.45) is 5.14 Å². The zero-order valence-electron chi connectivity index (χ0n) is 13.4. The molecule has 7 nitrogen and oxygen atoms in total. The highest BCUT2D eigenvalue weighted by Gasteiger charge is 2.11. The average Bonchev–Trinajstić information content (AvgIpc) is 3.03. The van der Waals surface area contributed by atoms with Gasteiger partial charge in [-0.2, -0.15) is 8.78 Å². The molecule has 4 N–H and O–H groups in total. The van der Waals surface area contributed by atoms with Crippen molar-refractivity contribution in [3.8, 4) is 5.75 Å². The average molecular weight is 405 g/mol. The van der Waals surface area contributed by atoms with Crippen molar-refractivity contribution in [2.75, 3.05) is 6.54 Å². The van der Waals surface area contributed by atoms with Crippen LogP contribution < -0.4 is 20.5 Å². The molecule has 0 unspecified atom stereocenters. The molecule has 0 aliphatic carbocycles. The van der Waals surface area contributed by atoms with E-state index in [1.807, 2.05) is 0 Å². The SMILES string of the molecule is NS(=O)(=O)c1ccc(CNC(=O)NCCc2ccc(OC(F)F)cc2)s1. The van der Waals surface area contributed by atoms with Crippen LogP contribution in [0.2, 0.25) is 0 Å². The van der Waals surface area contributed by atoms with Crippen molar-refractivity contribution in [3.63, 3.8) is 0 Å². The number of rotatable bonds is 8. The van der Waals surface area contributed by atoms with Crippen LogP contribution in [0, 0.1) is 0 Å². The Hall–Kier alpha value is -2.24. The van der Waals surface area contributed by atoms with E-state index >= 15 is 0 Å². The third kappa shape index (κ3) is 6.58. The molecule has 0 fully saturated rings. The van der Waals surface area contributed by atoms with E-state index in [1.54, 1.807) is 18.2 Å². The van der Waals surface area contributed by atoms with Crippen LogP contribution >= 0.6 is 11.3 Å². The number of nitrogens with one attached hydrogen (secondary N) is 2. The van der Waals surface area contributed by atoms with Gasteiger partial charge >= 0.3 is 12.6 Å². The van der Waals surface area contributed by atoms with Gasteiger partial charge in [0.05, 0.1) is 6.54 Å². The second-order valence-corrected chi connectivity index (χ2v) is 8.10. The Labute approximate surface area is 153 Å². The molecule has 0 radical (unpaired) electrons. The highest BCUT2D eigenvalue weighted by Crippen LogP contribution is 2.20. The third-order valence-electron chi connectivity index (χ3n) is 3.19. The molecule has 2 aromatic rings. The molecule has 26 heavy (non-hydrogen) atoms. The Kier molecular flexibility index (Phi) is 6.89. The molecule has 0 aliphatic rings. The number of carbonyl (C=O) groups excluding carboxylic acids is 1. The van der Waals surface area contributed by atoms with Crippen molar-refractivity contribution < 1.29 is 26.7 Å². The van der Waals surface area contributed by atoms with E-state index in [1.165, 1.54) is 18.2 Å². The van der Waals surface area contributed by atoms with Crippen LogP contribution in [0.1, 0.15) is 10.4 Å². The number of benzene rings is 1. The van der Waals surface area contributed by atoms with Gasteiger partial charge in [0, 0.05) is 11.4 Å². The summed E-state index contributed by atoms with van der Waals surface area (Å²) in [6, 6.07) is 8.69. The number of sulfonamides is 1. The zero-order valence-corrected chi connectivity index (χ0v) is 15.1. The lowest BCUT2D eigenvalue weighted by atomic mass is 10.1. The van der Waals surface area contributed by atoms with Gasteiger partial charge in [0.2, 0.25) is 10.0 Å². The van der Waals surface area contributed by atoms with E-state index in [2.05, 4.69) is 15.4 Å². The van der Waals surface area contributed by atoms with Crippen LogP contribution in [-0.4, -0.2) is 27.6 Å². The molecular weight excluding hydrogens is 388 g/mol.